The van der Waals surface area contributed by atoms with Crippen LogP contribution in [0.4, 0.5) is 9.59 Å². The molecule has 0 bridgehead atoms. The number of ether oxygens (including phenoxy) is 2. The summed E-state index contributed by atoms with van der Waals surface area (Å²) in [4.78, 5) is 26.9. The molecule has 6 aromatic rings. The molecule has 0 fully saturated rings. The number of likely N-dealkylation sites (N-methyl/N-ethyl adjacent to an activating group) is 1. The summed E-state index contributed by atoms with van der Waals surface area (Å²) in [6, 6.07) is 63.0. The van der Waals surface area contributed by atoms with Crippen molar-refractivity contribution in [2.45, 2.75) is 158 Å². The molecule has 0 saturated carbocycles. The number of carbonyl (C=O) groups excluding carboxylic acids is 2. The summed E-state index contributed by atoms with van der Waals surface area (Å²) in [7, 11) is 0. The molecule has 6 aromatic carbocycles. The van der Waals surface area contributed by atoms with E-state index < -0.39 is 11.2 Å². The predicted octanol–water partition coefficient (Wildman–Crippen LogP) is 18.0. The van der Waals surface area contributed by atoms with Crippen LogP contribution in [0.25, 0.3) is 0 Å². The molecule has 6 nitrogen and oxygen atoms in total. The Bertz CT molecular complexity index is 2470. The zero-order chi connectivity index (χ0) is 55.2. The summed E-state index contributed by atoms with van der Waals surface area (Å²) < 4.78 is 11.1. The molecular formula is C71H96N2O4. The molecule has 1 N–H and O–H groups in total. The van der Waals surface area contributed by atoms with Crippen LogP contribution in [0.2, 0.25) is 0 Å². The fourth-order valence-corrected chi connectivity index (χ4v) is 9.01. The summed E-state index contributed by atoms with van der Waals surface area (Å²) in [5, 5.41) is 2.99. The van der Waals surface area contributed by atoms with E-state index in [9.17, 15) is 9.59 Å². The van der Waals surface area contributed by atoms with E-state index in [2.05, 4.69) is 191 Å². The lowest BCUT2D eigenvalue weighted by Crippen LogP contribution is -2.43. The third kappa shape index (κ3) is 28.9. The van der Waals surface area contributed by atoms with Crippen molar-refractivity contribution in [2.75, 3.05) is 6.54 Å². The number of amides is 2. The van der Waals surface area contributed by atoms with Gasteiger partial charge >= 0.3 is 12.2 Å². The first-order valence-corrected chi connectivity index (χ1v) is 27.9. The minimum atomic E-state index is -0.508. The third-order valence-electron chi connectivity index (χ3n) is 12.8. The van der Waals surface area contributed by atoms with Crippen LogP contribution < -0.4 is 5.32 Å². The van der Waals surface area contributed by atoms with Gasteiger partial charge in [0.2, 0.25) is 0 Å². The van der Waals surface area contributed by atoms with Crippen molar-refractivity contribution in [3.05, 3.63) is 240 Å². The number of carbonyl (C=O) groups is 2. The lowest BCUT2D eigenvalue weighted by molar-refractivity contribution is 0.0210. The van der Waals surface area contributed by atoms with Gasteiger partial charge in [-0.1, -0.05) is 254 Å². The number of benzene rings is 6. The first-order chi connectivity index (χ1) is 36.3. The maximum absolute atomic E-state index is 12.8. The highest BCUT2D eigenvalue weighted by Gasteiger charge is 2.26. The van der Waals surface area contributed by atoms with Gasteiger partial charge < -0.3 is 19.7 Å². The number of allylic oxidation sites excluding steroid dienone is 2. The minimum absolute atomic E-state index is 0. The highest BCUT2D eigenvalue weighted by Crippen LogP contribution is 2.21. The number of hydrogen-bond donors (Lipinski definition) is 1. The Morgan fingerprint density at radius 1 is 0.442 bits per heavy atom. The molecule has 0 aromatic heterocycles. The van der Waals surface area contributed by atoms with Crippen LogP contribution >= 0.6 is 0 Å². The van der Waals surface area contributed by atoms with E-state index in [1.807, 2.05) is 102 Å². The zero-order valence-corrected chi connectivity index (χ0v) is 48.0. The average Bonchev–Trinajstić information content (AvgIpc) is 3.38. The van der Waals surface area contributed by atoms with Crippen molar-refractivity contribution < 1.29 is 19.1 Å². The first kappa shape index (κ1) is 64.6. The van der Waals surface area contributed by atoms with Gasteiger partial charge in [-0.2, -0.15) is 0 Å². The summed E-state index contributed by atoms with van der Waals surface area (Å²) in [6.07, 6.45) is 16.5. The van der Waals surface area contributed by atoms with Crippen LogP contribution in [0.5, 0.6) is 0 Å². The van der Waals surface area contributed by atoms with Gasteiger partial charge in [-0.3, -0.25) is 0 Å². The Hall–Kier alpha value is -6.66. The van der Waals surface area contributed by atoms with Gasteiger partial charge in [0.15, 0.2) is 0 Å². The van der Waals surface area contributed by atoms with Crippen molar-refractivity contribution >= 4 is 12.2 Å². The average molecular weight is 1040 g/mol. The molecule has 0 aliphatic rings. The molecular weight excluding hydrogens is 945 g/mol. The van der Waals surface area contributed by atoms with Gasteiger partial charge in [-0.15, -0.1) is 0 Å². The van der Waals surface area contributed by atoms with E-state index in [-0.39, 0.29) is 31.7 Å². The van der Waals surface area contributed by atoms with Gasteiger partial charge in [0.1, 0.15) is 11.2 Å². The fraction of sp³-hybridized carbons (Fsp3) is 0.408. The molecule has 77 heavy (non-hydrogen) atoms. The Labute approximate surface area is 467 Å². The number of hydrogen-bond acceptors (Lipinski definition) is 4. The van der Waals surface area contributed by atoms with E-state index in [0.29, 0.717) is 18.4 Å². The highest BCUT2D eigenvalue weighted by molar-refractivity contribution is 5.69. The number of alkyl carbamates (subject to hydrolysis) is 1. The second-order valence-electron chi connectivity index (χ2n) is 22.7. The Kier molecular flexibility index (Phi) is 29.3. The number of nitrogens with zero attached hydrogens (tertiary/aromatic N) is 1. The van der Waals surface area contributed by atoms with Crippen molar-refractivity contribution in [3.63, 3.8) is 0 Å². The van der Waals surface area contributed by atoms with Crippen LogP contribution in [0.1, 0.15) is 130 Å². The van der Waals surface area contributed by atoms with Gasteiger partial charge in [0.25, 0.3) is 0 Å². The van der Waals surface area contributed by atoms with Crippen LogP contribution in [0, 0.1) is 23.7 Å². The van der Waals surface area contributed by atoms with E-state index in [4.69, 9.17) is 9.47 Å². The van der Waals surface area contributed by atoms with Crippen LogP contribution in [-0.4, -0.2) is 46.9 Å². The summed E-state index contributed by atoms with van der Waals surface area (Å²) in [5.74, 6) is 2.31. The zero-order valence-electron chi connectivity index (χ0n) is 48.0. The van der Waals surface area contributed by atoms with Crippen LogP contribution in [0.3, 0.4) is 0 Å². The summed E-state index contributed by atoms with van der Waals surface area (Å²) in [5.41, 5.74) is 6.95. The molecule has 0 saturated heterocycles. The molecule has 414 valence electrons. The van der Waals surface area contributed by atoms with Gasteiger partial charge in [0.05, 0.1) is 12.1 Å². The molecule has 6 atom stereocenters. The SMILES string of the molecule is C.CCN(C(=O)OC(C)(C)C)[C@H](/C=C/[C@@H](C)Cc1ccccc1)Cc1ccccc1.C[C@H](/C=C/[C@H](Cc1ccccc1)NC(=O)OC(C)(C)C)Cc1ccccc1.C[C@H](CC[C@@H](C)Cc1ccccc1)Cc1ccccc1. The second-order valence-corrected chi connectivity index (χ2v) is 22.7. The molecule has 0 unspecified atom stereocenters. The Morgan fingerprint density at radius 3 is 1.09 bits per heavy atom. The topological polar surface area (TPSA) is 67.9 Å². The maximum atomic E-state index is 12.8. The molecule has 0 spiro atoms. The maximum Gasteiger partial charge on any atom is 0.410 e. The predicted molar refractivity (Wildman–Crippen MR) is 327 cm³/mol. The van der Waals surface area contributed by atoms with Crippen molar-refractivity contribution in [1.82, 2.24) is 10.2 Å². The Balaban J connectivity index is 0.000000307. The number of nitrogens with one attached hydrogen (secondary N) is 1. The lowest BCUT2D eigenvalue weighted by Gasteiger charge is -2.31. The van der Waals surface area contributed by atoms with Gasteiger partial charge in [0, 0.05) is 6.54 Å². The third-order valence-corrected chi connectivity index (χ3v) is 12.8. The van der Waals surface area contributed by atoms with E-state index in [0.717, 1.165) is 37.5 Å². The second kappa shape index (κ2) is 34.9. The van der Waals surface area contributed by atoms with E-state index in [1.54, 1.807) is 0 Å². The minimum Gasteiger partial charge on any atom is -0.444 e. The van der Waals surface area contributed by atoms with Crippen LogP contribution in [-0.2, 0) is 48.0 Å². The van der Waals surface area contributed by atoms with E-state index in [1.165, 1.54) is 59.1 Å². The first-order valence-electron chi connectivity index (χ1n) is 27.9. The molecule has 0 radical (unpaired) electrons. The monoisotopic (exact) mass is 1040 g/mol. The van der Waals surface area contributed by atoms with Crippen molar-refractivity contribution in [2.24, 2.45) is 23.7 Å². The molecule has 6 rings (SSSR count). The standard InChI is InChI=1S/C26H35NO2.C24H31NO2.C20H26.CH4/c1-6-27(25(28)29-26(3,4)5)24(20-23-15-11-8-12-16-23)18-17-21(2)19-22-13-9-7-10-14-22;1-19(17-20-11-7-5-8-12-20)15-16-22(18-21-13-9-6-10-14-21)25-23(26)27-24(2,3)4;1-17(15-19-9-5-3-6-10-19)13-14-18(2)16-20-11-7-4-8-12-20;/h7-18,21,24H,6,19-20H2,1-5H3;5-16,19,22H,17-18H2,1-4H3,(H,25,26);3-12,17-18H,13-16H2,1-2H3;1H4/b18-17+;16-15+;;/t21-,24-;19-,22-;17-,18-;/m111./s1. The summed E-state index contributed by atoms with van der Waals surface area (Å²) >= 11 is 0. The van der Waals surface area contributed by atoms with Crippen molar-refractivity contribution in [1.29, 1.82) is 0 Å². The van der Waals surface area contributed by atoms with E-state index >= 15 is 0 Å². The quantitative estimate of drug-likeness (QED) is 0.0688. The van der Waals surface area contributed by atoms with Gasteiger partial charge in [-0.25, -0.2) is 9.59 Å². The Morgan fingerprint density at radius 2 is 0.753 bits per heavy atom. The fourth-order valence-electron chi connectivity index (χ4n) is 9.01. The molecule has 2 amide bonds. The van der Waals surface area contributed by atoms with Gasteiger partial charge in [-0.05, 0) is 144 Å². The molecule has 0 aliphatic carbocycles. The summed E-state index contributed by atoms with van der Waals surface area (Å²) in [6.45, 7) is 23.1. The highest BCUT2D eigenvalue weighted by atomic mass is 16.6. The molecule has 6 heteroatoms. The number of rotatable bonds is 22. The van der Waals surface area contributed by atoms with Crippen LogP contribution in [0.15, 0.2) is 206 Å². The molecule has 0 aliphatic heterocycles. The largest absolute Gasteiger partial charge is 0.444 e. The lowest BCUT2D eigenvalue weighted by atomic mass is 9.90. The normalized spacial score (nSPS) is 13.7. The smallest absolute Gasteiger partial charge is 0.410 e. The molecule has 0 heterocycles. The van der Waals surface area contributed by atoms with Crippen molar-refractivity contribution in [3.8, 4) is 0 Å².